The third-order valence-electron chi connectivity index (χ3n) is 2.62. The average molecular weight is 278 g/mol. The molecule has 0 saturated heterocycles. The maximum Gasteiger partial charge on any atom is 0.367 e. The highest BCUT2D eigenvalue weighted by atomic mass is 16.7. The van der Waals surface area contributed by atoms with E-state index in [1.165, 1.54) is 0 Å². The molecule has 0 aromatic heterocycles. The van der Waals surface area contributed by atoms with E-state index in [0.717, 1.165) is 35.5 Å². The largest absolute Gasteiger partial charge is 0.469 e. The van der Waals surface area contributed by atoms with Crippen molar-refractivity contribution in [3.8, 4) is 0 Å². The van der Waals surface area contributed by atoms with Crippen LogP contribution in [0.15, 0.2) is 0 Å². The quantitative estimate of drug-likeness (QED) is 0.349. The van der Waals surface area contributed by atoms with Crippen LogP contribution in [0.2, 0.25) is 0 Å². The van der Waals surface area contributed by atoms with E-state index in [2.05, 4.69) is 14.2 Å². The summed E-state index contributed by atoms with van der Waals surface area (Å²) in [5, 5.41) is 0. The number of esters is 3. The zero-order chi connectivity index (χ0) is 15.1. The van der Waals surface area contributed by atoms with Crippen molar-refractivity contribution < 1.29 is 38.1 Å². The summed E-state index contributed by atoms with van der Waals surface area (Å²) in [6, 6.07) is 0. The minimum Gasteiger partial charge on any atom is -0.469 e. The number of ether oxygens (including phenoxy) is 5. The average Bonchev–Trinajstić information content (AvgIpc) is 2.46. The van der Waals surface area contributed by atoms with Gasteiger partial charge < -0.3 is 23.7 Å². The van der Waals surface area contributed by atoms with Gasteiger partial charge in [-0.15, -0.1) is 0 Å². The highest BCUT2D eigenvalue weighted by Gasteiger charge is 2.53. The van der Waals surface area contributed by atoms with Gasteiger partial charge in [0.25, 0.3) is 5.79 Å². The molecule has 0 aliphatic carbocycles. The highest BCUT2D eigenvalue weighted by Crippen LogP contribution is 2.29. The number of hydrogen-bond acceptors (Lipinski definition) is 8. The number of rotatable bonds is 7. The lowest BCUT2D eigenvalue weighted by molar-refractivity contribution is -0.251. The fourth-order valence-corrected chi connectivity index (χ4v) is 1.58. The minimum absolute atomic E-state index is 0.458. The molecule has 0 aromatic rings. The van der Waals surface area contributed by atoms with Crippen molar-refractivity contribution in [2.45, 2.75) is 12.2 Å². The molecule has 0 aliphatic heterocycles. The molecule has 0 aliphatic rings. The number of hydrogen-bond donors (Lipinski definition) is 0. The van der Waals surface area contributed by atoms with Gasteiger partial charge in [-0.3, -0.25) is 9.59 Å². The van der Waals surface area contributed by atoms with Crippen molar-refractivity contribution in [2.75, 3.05) is 35.5 Å². The van der Waals surface area contributed by atoms with Gasteiger partial charge >= 0.3 is 17.9 Å². The van der Waals surface area contributed by atoms with Gasteiger partial charge in [-0.2, -0.15) is 0 Å². The second kappa shape index (κ2) is 7.70. The maximum atomic E-state index is 11.8. The summed E-state index contributed by atoms with van der Waals surface area (Å²) in [7, 11) is 5.65. The van der Waals surface area contributed by atoms with E-state index < -0.39 is 36.0 Å². The van der Waals surface area contributed by atoms with Crippen LogP contribution < -0.4 is 0 Å². The van der Waals surface area contributed by atoms with Crippen molar-refractivity contribution in [3.05, 3.63) is 0 Å². The molecule has 19 heavy (non-hydrogen) atoms. The molecule has 0 fully saturated rings. The second-order valence-electron chi connectivity index (χ2n) is 3.42. The van der Waals surface area contributed by atoms with Crippen molar-refractivity contribution in [3.63, 3.8) is 0 Å². The Morgan fingerprint density at radius 1 is 0.895 bits per heavy atom. The lowest BCUT2D eigenvalue weighted by atomic mass is 9.94. The van der Waals surface area contributed by atoms with Crippen LogP contribution in [0, 0.1) is 5.92 Å². The third-order valence-corrected chi connectivity index (χ3v) is 2.62. The molecule has 0 spiro atoms. The van der Waals surface area contributed by atoms with E-state index in [9.17, 15) is 14.4 Å². The third kappa shape index (κ3) is 3.65. The minimum atomic E-state index is -2.07. The Kier molecular flexibility index (Phi) is 7.02. The van der Waals surface area contributed by atoms with Crippen molar-refractivity contribution in [2.24, 2.45) is 5.92 Å². The Bertz CT molecular complexity index is 334. The predicted octanol–water partition coefficient (Wildman–Crippen LogP) is -0.499. The molecule has 0 aromatic carbocycles. The first kappa shape index (κ1) is 17.3. The Morgan fingerprint density at radius 2 is 1.42 bits per heavy atom. The molecule has 0 radical (unpaired) electrons. The number of carbonyl (C=O) groups excluding carboxylic acids is 3. The van der Waals surface area contributed by atoms with Crippen LogP contribution in [0.4, 0.5) is 0 Å². The van der Waals surface area contributed by atoms with E-state index in [0.29, 0.717) is 0 Å². The van der Waals surface area contributed by atoms with Gasteiger partial charge in [0.1, 0.15) is 5.92 Å². The predicted molar refractivity (Wildman–Crippen MR) is 60.9 cm³/mol. The van der Waals surface area contributed by atoms with Crippen LogP contribution in [-0.4, -0.2) is 59.2 Å². The molecule has 0 heterocycles. The van der Waals surface area contributed by atoms with Gasteiger partial charge in [0.05, 0.1) is 27.8 Å². The fraction of sp³-hybridized carbons (Fsp3) is 0.727. The highest BCUT2D eigenvalue weighted by molar-refractivity contribution is 5.89. The summed E-state index contributed by atoms with van der Waals surface area (Å²) in [5.41, 5.74) is 0. The Labute approximate surface area is 110 Å². The van der Waals surface area contributed by atoms with Crippen LogP contribution >= 0.6 is 0 Å². The lowest BCUT2D eigenvalue weighted by Crippen LogP contribution is -2.54. The Morgan fingerprint density at radius 3 is 1.74 bits per heavy atom. The summed E-state index contributed by atoms with van der Waals surface area (Å²) in [6.45, 7) is 0. The van der Waals surface area contributed by atoms with Gasteiger partial charge in [-0.1, -0.05) is 0 Å². The molecule has 8 heteroatoms. The molecule has 1 atom stereocenters. The molecule has 0 N–H and O–H groups in total. The summed E-state index contributed by atoms with van der Waals surface area (Å²) in [4.78, 5) is 34.9. The summed E-state index contributed by atoms with van der Waals surface area (Å²) >= 11 is 0. The van der Waals surface area contributed by atoms with Crippen LogP contribution in [-0.2, 0) is 38.1 Å². The first-order valence-corrected chi connectivity index (χ1v) is 5.26. The molecule has 110 valence electrons. The van der Waals surface area contributed by atoms with Gasteiger partial charge in [0, 0.05) is 14.2 Å². The van der Waals surface area contributed by atoms with E-state index in [-0.39, 0.29) is 0 Å². The smallest absolute Gasteiger partial charge is 0.367 e. The topological polar surface area (TPSA) is 97.4 Å². The number of methoxy groups -OCH3 is 5. The van der Waals surface area contributed by atoms with Gasteiger partial charge in [0.15, 0.2) is 0 Å². The SMILES string of the molecule is COC(=O)C[C@H](C(=O)OC)C(OC)(OC)C(=O)OC. The second-order valence-corrected chi connectivity index (χ2v) is 3.42. The molecule has 0 bridgehead atoms. The molecule has 0 saturated carbocycles. The van der Waals surface area contributed by atoms with Gasteiger partial charge in [-0.05, 0) is 0 Å². The van der Waals surface area contributed by atoms with Crippen LogP contribution in [0.5, 0.6) is 0 Å². The van der Waals surface area contributed by atoms with E-state index in [1.807, 2.05) is 0 Å². The van der Waals surface area contributed by atoms with E-state index in [4.69, 9.17) is 9.47 Å². The van der Waals surface area contributed by atoms with Crippen LogP contribution in [0.1, 0.15) is 6.42 Å². The molecule has 0 unspecified atom stereocenters. The zero-order valence-electron chi connectivity index (χ0n) is 11.6. The Balaban J connectivity index is 5.54. The van der Waals surface area contributed by atoms with Gasteiger partial charge in [0.2, 0.25) is 0 Å². The van der Waals surface area contributed by atoms with Crippen molar-refractivity contribution in [1.82, 2.24) is 0 Å². The van der Waals surface area contributed by atoms with E-state index >= 15 is 0 Å². The van der Waals surface area contributed by atoms with Crippen LogP contribution in [0.3, 0.4) is 0 Å². The molecular weight excluding hydrogens is 260 g/mol. The number of carbonyl (C=O) groups is 3. The summed E-state index contributed by atoms with van der Waals surface area (Å²) < 4.78 is 23.5. The molecule has 8 nitrogen and oxygen atoms in total. The first-order chi connectivity index (χ1) is 8.93. The Hall–Kier alpha value is -1.67. The maximum absolute atomic E-state index is 11.8. The lowest BCUT2D eigenvalue weighted by Gasteiger charge is -2.32. The van der Waals surface area contributed by atoms with E-state index in [1.54, 1.807) is 0 Å². The fourth-order valence-electron chi connectivity index (χ4n) is 1.58. The van der Waals surface area contributed by atoms with Crippen molar-refractivity contribution >= 4 is 17.9 Å². The zero-order valence-corrected chi connectivity index (χ0v) is 11.6. The van der Waals surface area contributed by atoms with Gasteiger partial charge in [-0.25, -0.2) is 4.79 Å². The molecule has 0 rings (SSSR count). The normalized spacial score (nSPS) is 12.5. The monoisotopic (exact) mass is 278 g/mol. The van der Waals surface area contributed by atoms with Crippen LogP contribution in [0.25, 0.3) is 0 Å². The first-order valence-electron chi connectivity index (χ1n) is 5.26. The summed E-state index contributed by atoms with van der Waals surface area (Å²) in [6.07, 6.45) is -0.458. The molecule has 0 amide bonds. The summed E-state index contributed by atoms with van der Waals surface area (Å²) in [5.74, 6) is -5.97. The molecular formula is C11H18O8. The van der Waals surface area contributed by atoms with Crippen molar-refractivity contribution in [1.29, 1.82) is 0 Å². The standard InChI is InChI=1S/C11H18O8/c1-15-8(12)6-7(9(13)16-2)11(18-4,19-5)10(14)17-3/h7H,6H2,1-5H3/t7-/m1/s1.